The van der Waals surface area contributed by atoms with Crippen LogP contribution in [-0.2, 0) is 4.79 Å². The number of hydrogen-bond acceptors (Lipinski definition) is 3. The van der Waals surface area contributed by atoms with Crippen LogP contribution in [0.2, 0.25) is 0 Å². The molecule has 0 unspecified atom stereocenters. The fourth-order valence-corrected chi connectivity index (χ4v) is 1.17. The highest BCUT2D eigenvalue weighted by atomic mass is 19.3. The van der Waals surface area contributed by atoms with Crippen LogP contribution in [-0.4, -0.2) is 40.9 Å². The largest absolute Gasteiger partial charge is 0.478 e. The predicted octanol–water partition coefficient (Wildman–Crippen LogP) is 1.81. The quantitative estimate of drug-likeness (QED) is 0.620. The van der Waals surface area contributed by atoms with Gasteiger partial charge < -0.3 is 10.4 Å². The molecule has 0 aliphatic rings. The van der Waals surface area contributed by atoms with Crippen LogP contribution >= 0.6 is 0 Å². The molecule has 0 bridgehead atoms. The number of aromatic nitrogens is 1. The lowest BCUT2D eigenvalue weighted by Crippen LogP contribution is -2.41. The number of nitrogens with zero attached hydrogens (tertiary/aromatic N) is 1. The summed E-state index contributed by atoms with van der Waals surface area (Å²) in [7, 11) is 0. The van der Waals surface area contributed by atoms with Gasteiger partial charge in [0.05, 0.1) is 6.54 Å². The molecule has 1 amide bonds. The van der Waals surface area contributed by atoms with Crippen molar-refractivity contribution < 1.29 is 32.3 Å². The number of carbonyl (C=O) groups excluding carboxylic acids is 1. The number of nitrogens with one attached hydrogen (secondary N) is 1. The Labute approximate surface area is 116 Å². The minimum absolute atomic E-state index is 0.257. The van der Waals surface area contributed by atoms with Crippen LogP contribution in [0.1, 0.15) is 16.1 Å². The Kier molecular flexibility index (Phi) is 5.39. The second kappa shape index (κ2) is 6.82. The lowest BCUT2D eigenvalue weighted by Gasteiger charge is -2.15. The molecular formula is C12H10F4N2O3. The number of amides is 1. The maximum absolute atomic E-state index is 12.6. The average molecular weight is 306 g/mol. The Hall–Kier alpha value is -2.45. The van der Waals surface area contributed by atoms with Gasteiger partial charge in [-0.1, -0.05) is 6.07 Å². The van der Waals surface area contributed by atoms with E-state index < -0.39 is 30.8 Å². The number of hydrogen-bond donors (Lipinski definition) is 2. The fraction of sp³-hybridized carbons (Fsp3) is 0.250. The first kappa shape index (κ1) is 16.6. The molecule has 5 nitrogen and oxygen atoms in total. The summed E-state index contributed by atoms with van der Waals surface area (Å²) in [4.78, 5) is 25.3. The molecule has 0 radical (unpaired) electrons. The molecule has 0 aromatic carbocycles. The van der Waals surface area contributed by atoms with Gasteiger partial charge in [0.2, 0.25) is 0 Å². The monoisotopic (exact) mass is 306 g/mol. The number of alkyl halides is 4. The first-order chi connectivity index (χ1) is 9.72. The maximum atomic E-state index is 12.6. The van der Waals surface area contributed by atoms with Crippen LogP contribution in [0.25, 0.3) is 6.08 Å². The van der Waals surface area contributed by atoms with Crippen molar-refractivity contribution in [1.82, 2.24) is 10.3 Å². The van der Waals surface area contributed by atoms with E-state index in [0.29, 0.717) is 5.56 Å². The van der Waals surface area contributed by atoms with Crippen LogP contribution < -0.4 is 5.32 Å². The van der Waals surface area contributed by atoms with Crippen LogP contribution in [0.4, 0.5) is 17.6 Å². The summed E-state index contributed by atoms with van der Waals surface area (Å²) in [6.07, 6.45) is -0.684. The fourth-order valence-electron chi connectivity index (χ4n) is 1.17. The number of carbonyl (C=O) groups is 2. The van der Waals surface area contributed by atoms with Gasteiger partial charge in [0, 0.05) is 12.3 Å². The molecule has 0 atom stereocenters. The zero-order chi connectivity index (χ0) is 16.0. The third kappa shape index (κ3) is 5.21. The first-order valence-corrected chi connectivity index (χ1v) is 5.53. The second-order valence-corrected chi connectivity index (χ2v) is 3.89. The minimum atomic E-state index is -4.32. The molecule has 0 spiro atoms. The summed E-state index contributed by atoms with van der Waals surface area (Å²) in [5.41, 5.74) is 0.111. The van der Waals surface area contributed by atoms with Gasteiger partial charge >= 0.3 is 18.3 Å². The molecule has 2 N–H and O–H groups in total. The molecule has 114 valence electrons. The van der Waals surface area contributed by atoms with Crippen molar-refractivity contribution in [2.75, 3.05) is 6.54 Å². The van der Waals surface area contributed by atoms with E-state index in [1.165, 1.54) is 12.1 Å². The summed E-state index contributed by atoms with van der Waals surface area (Å²) in [6, 6.07) is 2.48. The van der Waals surface area contributed by atoms with Crippen LogP contribution in [0.5, 0.6) is 0 Å². The summed E-state index contributed by atoms with van der Waals surface area (Å²) in [5, 5.41) is 10.1. The lowest BCUT2D eigenvalue weighted by atomic mass is 10.2. The van der Waals surface area contributed by atoms with E-state index in [1.54, 1.807) is 5.32 Å². The van der Waals surface area contributed by atoms with Crippen molar-refractivity contribution in [3.05, 3.63) is 35.7 Å². The zero-order valence-electron chi connectivity index (χ0n) is 10.4. The van der Waals surface area contributed by atoms with Crippen molar-refractivity contribution in [2.45, 2.75) is 12.3 Å². The molecule has 9 heteroatoms. The number of carboxylic acid groups (broad SMARTS) is 1. The molecule has 0 saturated heterocycles. The van der Waals surface area contributed by atoms with E-state index in [-0.39, 0.29) is 5.69 Å². The van der Waals surface area contributed by atoms with Crippen molar-refractivity contribution in [1.29, 1.82) is 0 Å². The Morgan fingerprint density at radius 1 is 1.38 bits per heavy atom. The van der Waals surface area contributed by atoms with Gasteiger partial charge in [-0.15, -0.1) is 0 Å². The van der Waals surface area contributed by atoms with E-state index in [0.717, 1.165) is 18.3 Å². The standard InChI is InChI=1S/C12H10F4N2O3/c13-11(14)12(15,16)6-18-10(21)8-3-1-7(5-17-8)2-4-9(19)20/h1-5,11H,6H2,(H,18,21)(H,19,20)/b4-2+. The van der Waals surface area contributed by atoms with Crippen molar-refractivity contribution in [2.24, 2.45) is 0 Å². The molecule has 0 fully saturated rings. The van der Waals surface area contributed by atoms with Gasteiger partial charge in [-0.3, -0.25) is 9.78 Å². The Morgan fingerprint density at radius 2 is 2.05 bits per heavy atom. The normalized spacial score (nSPS) is 11.9. The van der Waals surface area contributed by atoms with Crippen molar-refractivity contribution in [3.63, 3.8) is 0 Å². The number of rotatable bonds is 6. The zero-order valence-corrected chi connectivity index (χ0v) is 10.4. The summed E-state index contributed by atoms with van der Waals surface area (Å²) in [6.45, 7) is -1.51. The van der Waals surface area contributed by atoms with E-state index in [1.807, 2.05) is 0 Å². The van der Waals surface area contributed by atoms with Crippen molar-refractivity contribution in [3.8, 4) is 0 Å². The van der Waals surface area contributed by atoms with Crippen LogP contribution in [0.15, 0.2) is 24.4 Å². The van der Waals surface area contributed by atoms with Gasteiger partial charge in [-0.25, -0.2) is 13.6 Å². The highest BCUT2D eigenvalue weighted by Crippen LogP contribution is 2.21. The number of halogens is 4. The number of aliphatic carboxylic acids is 1. The number of carboxylic acids is 1. The van der Waals surface area contributed by atoms with E-state index in [9.17, 15) is 27.2 Å². The molecule has 1 aromatic heterocycles. The Morgan fingerprint density at radius 3 is 2.52 bits per heavy atom. The summed E-state index contributed by atoms with van der Waals surface area (Å²) < 4.78 is 49.0. The SMILES string of the molecule is O=C(O)/C=C/c1ccc(C(=O)NCC(F)(F)C(F)F)nc1. The summed E-state index contributed by atoms with van der Waals surface area (Å²) in [5.74, 6) is -6.53. The molecule has 0 saturated carbocycles. The molecule has 0 aliphatic carbocycles. The van der Waals surface area contributed by atoms with Gasteiger partial charge in [-0.2, -0.15) is 8.78 Å². The third-order valence-corrected chi connectivity index (χ3v) is 2.24. The van der Waals surface area contributed by atoms with Gasteiger partial charge in [0.1, 0.15) is 5.69 Å². The molecule has 1 heterocycles. The van der Waals surface area contributed by atoms with Gasteiger partial charge in [0.15, 0.2) is 0 Å². The van der Waals surface area contributed by atoms with Crippen LogP contribution in [0.3, 0.4) is 0 Å². The Balaban J connectivity index is 2.66. The topological polar surface area (TPSA) is 79.3 Å². The maximum Gasteiger partial charge on any atom is 0.328 e. The lowest BCUT2D eigenvalue weighted by molar-refractivity contribution is -0.131. The number of pyridine rings is 1. The molecule has 21 heavy (non-hydrogen) atoms. The van der Waals surface area contributed by atoms with E-state index in [4.69, 9.17) is 5.11 Å². The van der Waals surface area contributed by atoms with Crippen LogP contribution in [0, 0.1) is 0 Å². The van der Waals surface area contributed by atoms with E-state index >= 15 is 0 Å². The van der Waals surface area contributed by atoms with Gasteiger partial charge in [-0.05, 0) is 17.7 Å². The smallest absolute Gasteiger partial charge is 0.328 e. The first-order valence-electron chi connectivity index (χ1n) is 5.53. The van der Waals surface area contributed by atoms with Gasteiger partial charge in [0.25, 0.3) is 5.91 Å². The highest BCUT2D eigenvalue weighted by Gasteiger charge is 2.40. The van der Waals surface area contributed by atoms with E-state index in [2.05, 4.69) is 4.98 Å². The third-order valence-electron chi connectivity index (χ3n) is 2.24. The second-order valence-electron chi connectivity index (χ2n) is 3.89. The molecule has 1 rings (SSSR count). The molecular weight excluding hydrogens is 296 g/mol. The van der Waals surface area contributed by atoms with Crippen molar-refractivity contribution >= 4 is 18.0 Å². The Bertz CT molecular complexity index is 544. The highest BCUT2D eigenvalue weighted by molar-refractivity contribution is 5.92. The minimum Gasteiger partial charge on any atom is -0.478 e. The predicted molar refractivity (Wildman–Crippen MR) is 64.2 cm³/mol. The summed E-state index contributed by atoms with van der Waals surface area (Å²) >= 11 is 0. The average Bonchev–Trinajstić information content (AvgIpc) is 2.43. The molecule has 1 aromatic rings. The molecule has 0 aliphatic heterocycles.